The molecule has 0 aliphatic heterocycles. The molecule has 1 atom stereocenters. The van der Waals surface area contributed by atoms with Gasteiger partial charge in [0.05, 0.1) is 11.9 Å². The molecule has 3 heteroatoms. The summed E-state index contributed by atoms with van der Waals surface area (Å²) in [4.78, 5) is 4.44. The standard InChI is InChI=1S/C16H16N2O/c1-12-8-9-15-17-10-14(18(15)11-12)16(19-2)13-6-4-3-5-7-13/h3-11,16H,1-2H3. The molecule has 3 aromatic rings. The van der Waals surface area contributed by atoms with Crippen LogP contribution < -0.4 is 0 Å². The van der Waals surface area contributed by atoms with Crippen molar-refractivity contribution in [3.63, 3.8) is 0 Å². The highest BCUT2D eigenvalue weighted by Crippen LogP contribution is 2.26. The van der Waals surface area contributed by atoms with Gasteiger partial charge >= 0.3 is 0 Å². The van der Waals surface area contributed by atoms with Gasteiger partial charge < -0.3 is 9.14 Å². The molecule has 0 N–H and O–H groups in total. The van der Waals surface area contributed by atoms with Crippen LogP contribution in [-0.4, -0.2) is 16.5 Å². The number of nitrogens with zero attached hydrogens (tertiary/aromatic N) is 2. The highest BCUT2D eigenvalue weighted by molar-refractivity contribution is 5.43. The molecule has 3 rings (SSSR count). The number of rotatable bonds is 3. The monoisotopic (exact) mass is 252 g/mol. The fraction of sp³-hybridized carbons (Fsp3) is 0.188. The molecule has 1 unspecified atom stereocenters. The number of imidazole rings is 1. The van der Waals surface area contributed by atoms with Crippen LogP contribution in [0.3, 0.4) is 0 Å². The summed E-state index contributed by atoms with van der Waals surface area (Å²) in [6.45, 7) is 2.08. The molecular formula is C16H16N2O. The number of aromatic nitrogens is 2. The smallest absolute Gasteiger partial charge is 0.136 e. The maximum Gasteiger partial charge on any atom is 0.136 e. The first kappa shape index (κ1) is 11.9. The van der Waals surface area contributed by atoms with Crippen LogP contribution in [0.25, 0.3) is 5.65 Å². The van der Waals surface area contributed by atoms with Gasteiger partial charge in [-0.2, -0.15) is 0 Å². The maximum atomic E-state index is 5.67. The van der Waals surface area contributed by atoms with E-state index in [1.165, 1.54) is 5.56 Å². The van der Waals surface area contributed by atoms with Gasteiger partial charge in [-0.25, -0.2) is 4.98 Å². The van der Waals surface area contributed by atoms with Gasteiger partial charge in [-0.05, 0) is 24.1 Å². The van der Waals surface area contributed by atoms with Crippen LogP contribution in [0.5, 0.6) is 0 Å². The number of benzene rings is 1. The van der Waals surface area contributed by atoms with E-state index < -0.39 is 0 Å². The van der Waals surface area contributed by atoms with Gasteiger partial charge in [-0.3, -0.25) is 0 Å². The molecule has 0 bridgehead atoms. The minimum absolute atomic E-state index is 0.0991. The maximum absolute atomic E-state index is 5.67. The third kappa shape index (κ3) is 2.13. The Kier molecular flexibility index (Phi) is 3.05. The summed E-state index contributed by atoms with van der Waals surface area (Å²) in [5.41, 5.74) is 4.33. The zero-order valence-corrected chi connectivity index (χ0v) is 11.1. The molecule has 0 saturated carbocycles. The van der Waals surface area contributed by atoms with E-state index in [0.717, 1.165) is 16.9 Å². The third-order valence-electron chi connectivity index (χ3n) is 3.29. The lowest BCUT2D eigenvalue weighted by Crippen LogP contribution is -2.06. The summed E-state index contributed by atoms with van der Waals surface area (Å²) < 4.78 is 7.76. The van der Waals surface area contributed by atoms with Crippen LogP contribution in [0.4, 0.5) is 0 Å². The van der Waals surface area contributed by atoms with E-state index in [-0.39, 0.29) is 6.10 Å². The number of hydrogen-bond acceptors (Lipinski definition) is 2. The first-order chi connectivity index (χ1) is 9.29. The Morgan fingerprint density at radius 3 is 2.63 bits per heavy atom. The second kappa shape index (κ2) is 4.86. The summed E-state index contributed by atoms with van der Waals surface area (Å²) in [7, 11) is 1.73. The number of aryl methyl sites for hydroxylation is 1. The van der Waals surface area contributed by atoms with Crippen molar-refractivity contribution >= 4 is 5.65 Å². The Hall–Kier alpha value is -2.13. The van der Waals surface area contributed by atoms with Crippen LogP contribution in [0.15, 0.2) is 54.9 Å². The van der Waals surface area contributed by atoms with Gasteiger partial charge in [0.15, 0.2) is 0 Å². The van der Waals surface area contributed by atoms with E-state index in [1.54, 1.807) is 7.11 Å². The van der Waals surface area contributed by atoms with Gasteiger partial charge in [0, 0.05) is 13.3 Å². The predicted molar refractivity (Wildman–Crippen MR) is 75.2 cm³/mol. The molecule has 0 amide bonds. The molecule has 0 radical (unpaired) electrons. The highest BCUT2D eigenvalue weighted by atomic mass is 16.5. The molecule has 0 aliphatic rings. The Morgan fingerprint density at radius 2 is 1.89 bits per heavy atom. The number of methoxy groups -OCH3 is 1. The number of pyridine rings is 1. The van der Waals surface area contributed by atoms with Crippen LogP contribution in [0.2, 0.25) is 0 Å². The second-order valence-corrected chi connectivity index (χ2v) is 4.64. The Labute approximate surface area is 112 Å². The van der Waals surface area contributed by atoms with Crippen LogP contribution in [0.1, 0.15) is 22.9 Å². The van der Waals surface area contributed by atoms with Gasteiger partial charge in [-0.1, -0.05) is 36.4 Å². The summed E-state index contributed by atoms with van der Waals surface area (Å²) in [6, 6.07) is 14.3. The minimum atomic E-state index is -0.0991. The van der Waals surface area contributed by atoms with Gasteiger partial charge in [0.1, 0.15) is 11.8 Å². The van der Waals surface area contributed by atoms with Crippen LogP contribution in [0, 0.1) is 6.92 Å². The molecule has 0 spiro atoms. The van der Waals surface area contributed by atoms with Crippen molar-refractivity contribution in [2.75, 3.05) is 7.11 Å². The average molecular weight is 252 g/mol. The molecule has 96 valence electrons. The van der Waals surface area contributed by atoms with Crippen molar-refractivity contribution < 1.29 is 4.74 Å². The third-order valence-corrected chi connectivity index (χ3v) is 3.29. The average Bonchev–Trinajstić information content (AvgIpc) is 2.84. The molecule has 0 saturated heterocycles. The van der Waals surface area contributed by atoms with Crippen molar-refractivity contribution in [3.05, 3.63) is 71.7 Å². The summed E-state index contributed by atoms with van der Waals surface area (Å²) >= 11 is 0. The van der Waals surface area contributed by atoms with Crippen molar-refractivity contribution in [2.24, 2.45) is 0 Å². The van der Waals surface area contributed by atoms with E-state index in [9.17, 15) is 0 Å². The van der Waals surface area contributed by atoms with Crippen molar-refractivity contribution in [1.82, 2.24) is 9.38 Å². The van der Waals surface area contributed by atoms with Gasteiger partial charge in [0.2, 0.25) is 0 Å². The first-order valence-corrected chi connectivity index (χ1v) is 6.31. The Balaban J connectivity index is 2.14. The van der Waals surface area contributed by atoms with E-state index in [1.807, 2.05) is 30.5 Å². The molecule has 3 nitrogen and oxygen atoms in total. The van der Waals surface area contributed by atoms with Crippen LogP contribution in [-0.2, 0) is 4.74 Å². The summed E-state index contributed by atoms with van der Waals surface area (Å²) in [5.74, 6) is 0. The number of ether oxygens (including phenoxy) is 1. The van der Waals surface area contributed by atoms with Gasteiger partial charge in [0.25, 0.3) is 0 Å². The zero-order chi connectivity index (χ0) is 13.2. The van der Waals surface area contributed by atoms with Crippen molar-refractivity contribution in [2.45, 2.75) is 13.0 Å². The normalized spacial score (nSPS) is 12.7. The van der Waals surface area contributed by atoms with Crippen molar-refractivity contribution in [3.8, 4) is 0 Å². The molecule has 0 fully saturated rings. The topological polar surface area (TPSA) is 26.5 Å². The second-order valence-electron chi connectivity index (χ2n) is 4.64. The molecule has 2 heterocycles. The van der Waals surface area contributed by atoms with Crippen LogP contribution >= 0.6 is 0 Å². The molecule has 2 aromatic heterocycles. The number of hydrogen-bond donors (Lipinski definition) is 0. The van der Waals surface area contributed by atoms with E-state index in [2.05, 4.69) is 40.7 Å². The molecular weight excluding hydrogens is 236 g/mol. The number of fused-ring (bicyclic) bond motifs is 1. The highest BCUT2D eigenvalue weighted by Gasteiger charge is 2.17. The van der Waals surface area contributed by atoms with E-state index in [4.69, 9.17) is 4.74 Å². The lowest BCUT2D eigenvalue weighted by molar-refractivity contribution is 0.132. The first-order valence-electron chi connectivity index (χ1n) is 6.31. The summed E-state index contributed by atoms with van der Waals surface area (Å²) in [5, 5.41) is 0. The molecule has 19 heavy (non-hydrogen) atoms. The molecule has 0 aliphatic carbocycles. The van der Waals surface area contributed by atoms with Gasteiger partial charge in [-0.15, -0.1) is 0 Å². The van der Waals surface area contributed by atoms with E-state index >= 15 is 0 Å². The van der Waals surface area contributed by atoms with Crippen molar-refractivity contribution in [1.29, 1.82) is 0 Å². The summed E-state index contributed by atoms with van der Waals surface area (Å²) in [6.07, 6.45) is 3.88. The zero-order valence-electron chi connectivity index (χ0n) is 11.1. The quantitative estimate of drug-likeness (QED) is 0.714. The largest absolute Gasteiger partial charge is 0.370 e. The molecule has 1 aromatic carbocycles. The SMILES string of the molecule is COC(c1ccccc1)c1cnc2ccc(C)cn12. The lowest BCUT2D eigenvalue weighted by atomic mass is 10.1. The fourth-order valence-corrected chi connectivity index (χ4v) is 2.36. The lowest BCUT2D eigenvalue weighted by Gasteiger charge is -2.15. The van der Waals surface area contributed by atoms with E-state index in [0.29, 0.717) is 0 Å². The Bertz CT molecular complexity index is 688. The predicted octanol–water partition coefficient (Wildman–Crippen LogP) is 3.38. The fourth-order valence-electron chi connectivity index (χ4n) is 2.36. The minimum Gasteiger partial charge on any atom is -0.370 e. The Morgan fingerprint density at radius 1 is 1.11 bits per heavy atom.